The molecule has 0 spiro atoms. The highest BCUT2D eigenvalue weighted by Crippen LogP contribution is 2.16. The molecule has 1 heterocycles. The number of ether oxygens (including phenoxy) is 1. The fourth-order valence-electron chi connectivity index (χ4n) is 2.62. The van der Waals surface area contributed by atoms with E-state index in [1.165, 1.54) is 5.56 Å². The van der Waals surface area contributed by atoms with Crippen molar-refractivity contribution in [2.24, 2.45) is 7.05 Å². The van der Waals surface area contributed by atoms with Crippen molar-refractivity contribution in [3.8, 4) is 18.1 Å². The number of hydrogen-bond acceptors (Lipinski definition) is 3. The second-order valence-corrected chi connectivity index (χ2v) is 5.99. The van der Waals surface area contributed by atoms with E-state index in [0.717, 1.165) is 17.8 Å². The van der Waals surface area contributed by atoms with Crippen molar-refractivity contribution in [1.29, 1.82) is 0 Å². The summed E-state index contributed by atoms with van der Waals surface area (Å²) in [6.45, 7) is 6.21. The number of carbonyl (C=O) groups is 1. The van der Waals surface area contributed by atoms with Crippen LogP contribution in [0, 0.1) is 26.2 Å². The van der Waals surface area contributed by atoms with E-state index in [1.807, 2.05) is 32.5 Å². The van der Waals surface area contributed by atoms with Crippen molar-refractivity contribution in [1.82, 2.24) is 15.1 Å². The van der Waals surface area contributed by atoms with Crippen molar-refractivity contribution in [3.63, 3.8) is 0 Å². The van der Waals surface area contributed by atoms with Gasteiger partial charge in [-0.3, -0.25) is 4.68 Å². The lowest BCUT2D eigenvalue weighted by Gasteiger charge is -2.15. The van der Waals surface area contributed by atoms with E-state index in [-0.39, 0.29) is 18.7 Å². The van der Waals surface area contributed by atoms with Gasteiger partial charge in [-0.15, -0.1) is 6.42 Å². The summed E-state index contributed by atoms with van der Waals surface area (Å²) in [5.41, 5.74) is 3.97. The molecule has 0 aliphatic heterocycles. The number of nitrogens with zero attached hydrogens (tertiary/aromatic N) is 2. The van der Waals surface area contributed by atoms with Gasteiger partial charge in [-0.2, -0.15) is 5.10 Å². The molecule has 0 bridgehead atoms. The molecule has 6 heteroatoms. The second-order valence-electron chi connectivity index (χ2n) is 5.99. The predicted molar refractivity (Wildman–Crippen MR) is 98.8 cm³/mol. The maximum Gasteiger partial charge on any atom is 0.319 e. The SMILES string of the molecule is C#CCOc1ccc(NC(=O)N[C@@H](C)Cc2c(C)nn(C)c2C)cc1. The van der Waals surface area contributed by atoms with Gasteiger partial charge in [0.1, 0.15) is 12.4 Å². The number of hydrogen-bond donors (Lipinski definition) is 2. The molecule has 2 amide bonds. The number of carbonyl (C=O) groups excluding carboxylic acids is 1. The van der Waals surface area contributed by atoms with Gasteiger partial charge in [-0.25, -0.2) is 4.79 Å². The van der Waals surface area contributed by atoms with E-state index < -0.39 is 0 Å². The van der Waals surface area contributed by atoms with E-state index >= 15 is 0 Å². The van der Waals surface area contributed by atoms with E-state index in [1.54, 1.807) is 24.3 Å². The fraction of sp³-hybridized carbons (Fsp3) is 0.368. The van der Waals surface area contributed by atoms with Crippen molar-refractivity contribution in [2.45, 2.75) is 33.2 Å². The highest BCUT2D eigenvalue weighted by atomic mass is 16.5. The van der Waals surface area contributed by atoms with Crippen molar-refractivity contribution in [3.05, 3.63) is 41.2 Å². The highest BCUT2D eigenvalue weighted by Gasteiger charge is 2.14. The minimum Gasteiger partial charge on any atom is -0.481 e. The molecular formula is C19H24N4O2. The first-order chi connectivity index (χ1) is 11.9. The molecule has 132 valence electrons. The number of urea groups is 1. The van der Waals surface area contributed by atoms with E-state index in [2.05, 4.69) is 21.7 Å². The highest BCUT2D eigenvalue weighted by molar-refractivity contribution is 5.89. The summed E-state index contributed by atoms with van der Waals surface area (Å²) >= 11 is 0. The van der Waals surface area contributed by atoms with Crippen LogP contribution in [0.5, 0.6) is 5.75 Å². The monoisotopic (exact) mass is 340 g/mol. The standard InChI is InChI=1S/C19H24N4O2/c1-6-11-25-17-9-7-16(8-10-17)21-19(24)20-13(2)12-18-14(3)22-23(5)15(18)4/h1,7-10,13H,11-12H2,2-5H3,(H2,20,21,24)/t13-/m0/s1. The Morgan fingerprint density at radius 3 is 2.60 bits per heavy atom. The minimum atomic E-state index is -0.246. The molecule has 0 aliphatic rings. The summed E-state index contributed by atoms with van der Waals surface area (Å²) in [6, 6.07) is 6.80. The number of aromatic nitrogens is 2. The maximum absolute atomic E-state index is 12.1. The Morgan fingerprint density at radius 1 is 1.36 bits per heavy atom. The van der Waals surface area contributed by atoms with Gasteiger partial charge in [0.15, 0.2) is 0 Å². The summed E-state index contributed by atoms with van der Waals surface area (Å²) < 4.78 is 7.16. The van der Waals surface area contributed by atoms with Crippen LogP contribution in [0.2, 0.25) is 0 Å². The summed E-state index contributed by atoms with van der Waals surface area (Å²) in [5.74, 6) is 3.07. The molecule has 6 nitrogen and oxygen atoms in total. The number of terminal acetylenes is 1. The number of anilines is 1. The topological polar surface area (TPSA) is 68.2 Å². The number of aryl methyl sites for hydroxylation is 2. The molecule has 0 unspecified atom stereocenters. The van der Waals surface area contributed by atoms with Crippen LogP contribution in [0.4, 0.5) is 10.5 Å². The van der Waals surface area contributed by atoms with E-state index in [4.69, 9.17) is 11.2 Å². The average molecular weight is 340 g/mol. The van der Waals surface area contributed by atoms with Gasteiger partial charge in [0, 0.05) is 24.5 Å². The van der Waals surface area contributed by atoms with Crippen LogP contribution in [0.15, 0.2) is 24.3 Å². The first-order valence-electron chi connectivity index (χ1n) is 8.13. The normalized spacial score (nSPS) is 11.5. The van der Waals surface area contributed by atoms with Crippen molar-refractivity contribution < 1.29 is 9.53 Å². The third kappa shape index (κ3) is 5.01. The molecule has 2 rings (SSSR count). The zero-order chi connectivity index (χ0) is 18.4. The summed E-state index contributed by atoms with van der Waals surface area (Å²) in [6.07, 6.45) is 5.88. The zero-order valence-corrected chi connectivity index (χ0v) is 15.1. The lowest BCUT2D eigenvalue weighted by atomic mass is 10.1. The minimum absolute atomic E-state index is 0.0140. The van der Waals surface area contributed by atoms with Gasteiger partial charge in [0.05, 0.1) is 5.69 Å². The fourth-order valence-corrected chi connectivity index (χ4v) is 2.62. The predicted octanol–water partition coefficient (Wildman–Crippen LogP) is 2.80. The number of benzene rings is 1. The van der Waals surface area contributed by atoms with Gasteiger partial charge in [0.25, 0.3) is 0 Å². The quantitative estimate of drug-likeness (QED) is 0.795. The lowest BCUT2D eigenvalue weighted by Crippen LogP contribution is -2.37. The largest absolute Gasteiger partial charge is 0.481 e. The molecule has 0 saturated carbocycles. The van der Waals surface area contributed by atoms with Crippen LogP contribution in [0.1, 0.15) is 23.9 Å². The average Bonchev–Trinajstić information content (AvgIpc) is 2.80. The first kappa shape index (κ1) is 18.4. The molecule has 0 saturated heterocycles. The molecule has 1 aromatic heterocycles. The molecule has 25 heavy (non-hydrogen) atoms. The van der Waals surface area contributed by atoms with Gasteiger partial charge in [0.2, 0.25) is 0 Å². The summed E-state index contributed by atoms with van der Waals surface area (Å²) in [4.78, 5) is 12.1. The summed E-state index contributed by atoms with van der Waals surface area (Å²) in [7, 11) is 1.92. The van der Waals surface area contributed by atoms with Gasteiger partial charge < -0.3 is 15.4 Å². The Balaban J connectivity index is 1.88. The molecule has 0 fully saturated rings. The molecular weight excluding hydrogens is 316 g/mol. The Morgan fingerprint density at radius 2 is 2.04 bits per heavy atom. The number of rotatable bonds is 6. The van der Waals surface area contributed by atoms with Gasteiger partial charge in [-0.1, -0.05) is 5.92 Å². The van der Waals surface area contributed by atoms with Crippen molar-refractivity contribution in [2.75, 3.05) is 11.9 Å². The first-order valence-corrected chi connectivity index (χ1v) is 8.13. The zero-order valence-electron chi connectivity index (χ0n) is 15.1. The Kier molecular flexibility index (Phi) is 6.07. The molecule has 0 aliphatic carbocycles. The maximum atomic E-state index is 12.1. The van der Waals surface area contributed by atoms with E-state index in [0.29, 0.717) is 11.4 Å². The smallest absolute Gasteiger partial charge is 0.319 e. The van der Waals surface area contributed by atoms with Crippen LogP contribution < -0.4 is 15.4 Å². The Hall–Kier alpha value is -2.94. The third-order valence-corrected chi connectivity index (χ3v) is 3.98. The molecule has 2 aromatic rings. The van der Waals surface area contributed by atoms with E-state index in [9.17, 15) is 4.79 Å². The molecule has 1 atom stereocenters. The van der Waals surface area contributed by atoms with Crippen molar-refractivity contribution >= 4 is 11.7 Å². The Bertz CT molecular complexity index is 772. The summed E-state index contributed by atoms with van der Waals surface area (Å²) in [5, 5.41) is 10.2. The molecule has 2 N–H and O–H groups in total. The lowest BCUT2D eigenvalue weighted by molar-refractivity contribution is 0.249. The van der Waals surface area contributed by atoms with Gasteiger partial charge >= 0.3 is 6.03 Å². The number of nitrogens with one attached hydrogen (secondary N) is 2. The second kappa shape index (κ2) is 8.25. The van der Waals surface area contributed by atoms with Crippen LogP contribution in [0.25, 0.3) is 0 Å². The van der Waals surface area contributed by atoms with Crippen LogP contribution in [0.3, 0.4) is 0 Å². The molecule has 0 radical (unpaired) electrons. The van der Waals surface area contributed by atoms with Gasteiger partial charge in [-0.05, 0) is 57.0 Å². The molecule has 1 aromatic carbocycles. The van der Waals surface area contributed by atoms with Crippen LogP contribution in [-0.4, -0.2) is 28.5 Å². The Labute approximate surface area is 148 Å². The van der Waals surface area contributed by atoms with Crippen LogP contribution in [-0.2, 0) is 13.5 Å². The third-order valence-electron chi connectivity index (χ3n) is 3.98. The van der Waals surface area contributed by atoms with Crippen LogP contribution >= 0.6 is 0 Å². The number of amides is 2.